The third kappa shape index (κ3) is 42.6. The maximum absolute atomic E-state index is 9.25. The summed E-state index contributed by atoms with van der Waals surface area (Å²) in [6.45, 7) is 2.96. The van der Waals surface area contributed by atoms with Gasteiger partial charge in [0.1, 0.15) is 0 Å². The molecule has 0 bridgehead atoms. The van der Waals surface area contributed by atoms with Gasteiger partial charge in [0.25, 0.3) is 0 Å². The van der Waals surface area contributed by atoms with Crippen LogP contribution < -0.4 is 0 Å². The van der Waals surface area contributed by atoms with Crippen molar-refractivity contribution >= 4 is 13.8 Å². The molecular weight excluding hydrogens is 211 g/mol. The molecule has 14 heavy (non-hydrogen) atoms. The number of phosphoric acid groups is 1. The monoisotopic (exact) mass is 226 g/mol. The van der Waals surface area contributed by atoms with Crippen molar-refractivity contribution in [1.29, 1.82) is 0 Å². The van der Waals surface area contributed by atoms with Crippen molar-refractivity contribution in [1.82, 2.24) is 0 Å². The van der Waals surface area contributed by atoms with E-state index < -0.39 is 13.8 Å². The van der Waals surface area contributed by atoms with E-state index in [1.807, 2.05) is 0 Å². The van der Waals surface area contributed by atoms with Gasteiger partial charge in [-0.15, -0.1) is 0 Å². The molecule has 0 amide bonds. The molecule has 0 unspecified atom stereocenters. The molecule has 0 heterocycles. The summed E-state index contributed by atoms with van der Waals surface area (Å²) in [6, 6.07) is 0. The highest BCUT2D eigenvalue weighted by Gasteiger charge is 2.00. The molecule has 0 atom stereocenters. The predicted molar refractivity (Wildman–Crippen MR) is 50.6 cm³/mol. The van der Waals surface area contributed by atoms with Crippen LogP contribution in [0.3, 0.4) is 0 Å². The molecule has 0 saturated heterocycles. The lowest BCUT2D eigenvalue weighted by Crippen LogP contribution is -1.85. The fraction of sp³-hybridized carbons (Fsp3) is 0.571. The Bertz CT molecular complexity index is 192. The number of aliphatic carboxylic acids is 1. The minimum atomic E-state index is -4.64. The van der Waals surface area contributed by atoms with Crippen molar-refractivity contribution in [2.24, 2.45) is 0 Å². The lowest BCUT2D eigenvalue weighted by Gasteiger charge is -2.05. The molecule has 84 valence electrons. The minimum absolute atomic E-state index is 0.833. The summed E-state index contributed by atoms with van der Waals surface area (Å²) in [7, 11) is -4.64. The van der Waals surface area contributed by atoms with Crippen molar-refractivity contribution in [3.05, 3.63) is 12.7 Å². The Morgan fingerprint density at radius 3 is 1.29 bits per heavy atom. The van der Waals surface area contributed by atoms with E-state index in [2.05, 4.69) is 6.58 Å². The number of carboxylic acid groups (broad SMARTS) is 1. The zero-order valence-corrected chi connectivity index (χ0v) is 8.56. The van der Waals surface area contributed by atoms with Crippen LogP contribution in [-0.4, -0.2) is 25.8 Å². The van der Waals surface area contributed by atoms with E-state index in [9.17, 15) is 4.79 Å². The smallest absolute Gasteiger partial charge is 0.466 e. The van der Waals surface area contributed by atoms with E-state index in [-0.39, 0.29) is 0 Å². The Hall–Kier alpha value is -0.680. The average Bonchev–Trinajstić information content (AvgIpc) is 1.79. The third-order valence-electron chi connectivity index (χ3n) is 1.17. The number of hydrogen-bond acceptors (Lipinski definition) is 2. The van der Waals surface area contributed by atoms with Crippen LogP contribution in [0.1, 0.15) is 25.7 Å². The second-order valence-corrected chi connectivity index (χ2v) is 3.50. The molecule has 0 aromatic carbocycles. The van der Waals surface area contributed by atoms with Gasteiger partial charge in [-0.25, -0.2) is 9.36 Å². The summed E-state index contributed by atoms with van der Waals surface area (Å²) < 4.78 is 8.88. The minimum Gasteiger partial charge on any atom is -0.478 e. The zero-order valence-electron chi connectivity index (χ0n) is 7.67. The molecule has 0 aromatic rings. The van der Waals surface area contributed by atoms with Crippen molar-refractivity contribution in [2.75, 3.05) is 0 Å². The van der Waals surface area contributed by atoms with Crippen LogP contribution in [-0.2, 0) is 9.36 Å². The van der Waals surface area contributed by atoms with Crippen molar-refractivity contribution < 1.29 is 29.1 Å². The fourth-order valence-electron chi connectivity index (χ4n) is 0.250. The van der Waals surface area contributed by atoms with Crippen LogP contribution in [0, 0.1) is 0 Å². The Labute approximate surface area is 82.1 Å². The highest BCUT2D eigenvalue weighted by molar-refractivity contribution is 7.45. The molecule has 0 radical (unpaired) electrons. The second-order valence-electron chi connectivity index (χ2n) is 2.47. The summed E-state index contributed by atoms with van der Waals surface area (Å²) in [4.78, 5) is 30.8. The van der Waals surface area contributed by atoms with Crippen LogP contribution in [0.25, 0.3) is 0 Å². The highest BCUT2D eigenvalue weighted by atomic mass is 31.2. The first kappa shape index (κ1) is 15.8. The molecule has 1 saturated carbocycles. The van der Waals surface area contributed by atoms with Gasteiger partial charge in [-0.05, 0) is 0 Å². The molecule has 0 aliphatic heterocycles. The van der Waals surface area contributed by atoms with Gasteiger partial charge in [0, 0.05) is 6.08 Å². The third-order valence-corrected chi connectivity index (χ3v) is 1.17. The number of hydrogen-bond donors (Lipinski definition) is 4. The maximum atomic E-state index is 9.25. The van der Waals surface area contributed by atoms with Crippen molar-refractivity contribution in [2.45, 2.75) is 25.7 Å². The fourth-order valence-corrected chi connectivity index (χ4v) is 0.250. The van der Waals surface area contributed by atoms with Crippen LogP contribution in [0.2, 0.25) is 0 Å². The summed E-state index contributed by atoms with van der Waals surface area (Å²) in [6.07, 6.45) is 6.83. The second kappa shape index (κ2) is 8.90. The standard InChI is InChI=1S/C4H8.C3H4O2.H3O4P/c1-2-4-3-1;1-2-3(4)5;1-5(2,3)4/h1-4H2;2H,1H2,(H,4,5);(H3,1,2,3,4). The Morgan fingerprint density at radius 1 is 1.14 bits per heavy atom. The highest BCUT2D eigenvalue weighted by Crippen LogP contribution is 2.25. The van der Waals surface area contributed by atoms with Gasteiger partial charge < -0.3 is 19.8 Å². The van der Waals surface area contributed by atoms with E-state index in [4.69, 9.17) is 24.4 Å². The van der Waals surface area contributed by atoms with E-state index in [1.165, 1.54) is 25.7 Å². The summed E-state index contributed by atoms with van der Waals surface area (Å²) in [5.74, 6) is -0.981. The van der Waals surface area contributed by atoms with Gasteiger partial charge in [-0.1, -0.05) is 32.3 Å². The Kier molecular flexibility index (Phi) is 10.0. The van der Waals surface area contributed by atoms with Crippen LogP contribution in [0.15, 0.2) is 12.7 Å². The molecule has 1 aliphatic rings. The van der Waals surface area contributed by atoms with E-state index in [0.717, 1.165) is 6.08 Å². The molecule has 1 aliphatic carbocycles. The van der Waals surface area contributed by atoms with Crippen LogP contribution in [0.4, 0.5) is 0 Å². The average molecular weight is 226 g/mol. The largest absolute Gasteiger partial charge is 0.478 e. The summed E-state index contributed by atoms with van der Waals surface area (Å²) in [5, 5.41) is 7.60. The van der Waals surface area contributed by atoms with Gasteiger partial charge in [0.2, 0.25) is 0 Å². The number of carbonyl (C=O) groups is 1. The van der Waals surface area contributed by atoms with Crippen LogP contribution in [0.5, 0.6) is 0 Å². The quantitative estimate of drug-likeness (QED) is 0.390. The Morgan fingerprint density at radius 2 is 1.29 bits per heavy atom. The molecule has 6 nitrogen and oxygen atoms in total. The van der Waals surface area contributed by atoms with Crippen LogP contribution >= 0.6 is 7.82 Å². The van der Waals surface area contributed by atoms with Gasteiger partial charge >= 0.3 is 13.8 Å². The molecule has 0 spiro atoms. The van der Waals surface area contributed by atoms with Gasteiger partial charge in [-0.3, -0.25) is 0 Å². The van der Waals surface area contributed by atoms with Gasteiger partial charge in [0.05, 0.1) is 0 Å². The first-order valence-corrected chi connectivity index (χ1v) is 5.47. The lowest BCUT2D eigenvalue weighted by atomic mass is 10.0. The molecule has 1 fully saturated rings. The van der Waals surface area contributed by atoms with Crippen molar-refractivity contribution in [3.8, 4) is 0 Å². The molecule has 1 rings (SSSR count). The normalized spacial score (nSPS) is 13.4. The van der Waals surface area contributed by atoms with Crippen molar-refractivity contribution in [3.63, 3.8) is 0 Å². The van der Waals surface area contributed by atoms with E-state index >= 15 is 0 Å². The summed E-state index contributed by atoms with van der Waals surface area (Å²) >= 11 is 0. The zero-order chi connectivity index (χ0) is 11.6. The van der Waals surface area contributed by atoms with E-state index in [1.54, 1.807) is 0 Å². The van der Waals surface area contributed by atoms with Gasteiger partial charge in [0.15, 0.2) is 0 Å². The lowest BCUT2D eigenvalue weighted by molar-refractivity contribution is -0.131. The first-order chi connectivity index (χ1) is 6.27. The predicted octanol–water partition coefficient (Wildman–Crippen LogP) is 0.889. The molecule has 7 heteroatoms. The molecule has 0 aromatic heterocycles. The maximum Gasteiger partial charge on any atom is 0.466 e. The summed E-state index contributed by atoms with van der Waals surface area (Å²) in [5.41, 5.74) is 0. The van der Waals surface area contributed by atoms with Gasteiger partial charge in [-0.2, -0.15) is 0 Å². The number of rotatable bonds is 1. The molecular formula is C7H15O6P. The molecule has 4 N–H and O–H groups in total. The van der Waals surface area contributed by atoms with E-state index in [0.29, 0.717) is 0 Å². The topological polar surface area (TPSA) is 115 Å². The SMILES string of the molecule is C1CCC1.C=CC(=O)O.O=P(O)(O)O. The first-order valence-electron chi connectivity index (χ1n) is 3.91. The Balaban J connectivity index is 0. The number of carboxylic acids is 1.